The van der Waals surface area contributed by atoms with E-state index in [0.29, 0.717) is 5.69 Å². The zero-order chi connectivity index (χ0) is 15.7. The summed E-state index contributed by atoms with van der Waals surface area (Å²) in [7, 11) is 2.74. The minimum atomic E-state index is -0.413. The van der Waals surface area contributed by atoms with E-state index in [4.69, 9.17) is 4.74 Å². The lowest BCUT2D eigenvalue weighted by Gasteiger charge is -2.23. The quantitative estimate of drug-likeness (QED) is 0.589. The molecule has 0 unspecified atom stereocenters. The van der Waals surface area contributed by atoms with Gasteiger partial charge in [-0.15, -0.1) is 0 Å². The lowest BCUT2D eigenvalue weighted by atomic mass is 9.89. The van der Waals surface area contributed by atoms with Gasteiger partial charge in [0.25, 0.3) is 0 Å². The van der Waals surface area contributed by atoms with Crippen molar-refractivity contribution < 1.29 is 13.9 Å². The van der Waals surface area contributed by atoms with Crippen LogP contribution in [0.15, 0.2) is 18.2 Å². The van der Waals surface area contributed by atoms with E-state index in [9.17, 15) is 9.18 Å². The Morgan fingerprint density at radius 3 is 2.77 bits per heavy atom. The summed E-state index contributed by atoms with van der Waals surface area (Å²) in [5.74, 6) is -0.370. The van der Waals surface area contributed by atoms with Gasteiger partial charge >= 0.3 is 5.97 Å². The van der Waals surface area contributed by atoms with Gasteiger partial charge in [0.05, 0.1) is 12.6 Å². The smallest absolute Gasteiger partial charge is 0.355 e. The molecule has 0 aliphatic carbocycles. The molecular formula is C15H16FIN2O2S. The third-order valence-electron chi connectivity index (χ3n) is 4.12. The Morgan fingerprint density at radius 1 is 1.41 bits per heavy atom. The van der Waals surface area contributed by atoms with Crippen LogP contribution in [0.1, 0.15) is 34.8 Å². The largest absolute Gasteiger partial charge is 0.464 e. The van der Waals surface area contributed by atoms with Gasteiger partial charge in [-0.1, -0.05) is 0 Å². The lowest BCUT2D eigenvalue weighted by molar-refractivity contribution is 0.0594. The van der Waals surface area contributed by atoms with E-state index >= 15 is 0 Å². The van der Waals surface area contributed by atoms with Crippen molar-refractivity contribution in [2.75, 3.05) is 20.2 Å². The van der Waals surface area contributed by atoms with Crippen LogP contribution >= 0.6 is 30.3 Å². The number of aromatic nitrogens is 1. The van der Waals surface area contributed by atoms with Crippen molar-refractivity contribution in [3.8, 4) is 0 Å². The fourth-order valence-corrected chi connectivity index (χ4v) is 4.69. The van der Waals surface area contributed by atoms with E-state index in [1.165, 1.54) is 22.3 Å². The Bertz CT molecular complexity index is 713. The molecule has 1 aromatic heterocycles. The molecule has 0 amide bonds. The maximum Gasteiger partial charge on any atom is 0.355 e. The molecule has 118 valence electrons. The molecule has 1 aliphatic heterocycles. The van der Waals surface area contributed by atoms with Crippen molar-refractivity contribution in [2.24, 2.45) is 0 Å². The van der Waals surface area contributed by atoms with Gasteiger partial charge in [-0.05, 0) is 55.6 Å². The number of carbonyl (C=O) groups is 1. The summed E-state index contributed by atoms with van der Waals surface area (Å²) in [5, 5.41) is 4.02. The van der Waals surface area contributed by atoms with Crippen LogP contribution < -0.4 is 5.32 Å². The average molecular weight is 434 g/mol. The number of halogens is 2. The van der Waals surface area contributed by atoms with E-state index in [2.05, 4.69) is 26.5 Å². The summed E-state index contributed by atoms with van der Waals surface area (Å²) in [5.41, 5.74) is 2.03. The standard InChI is InChI=1S/C15H16FIN2O2S/c1-21-15(20)14-7-10-6-12(16)11(8-13(10)19(14)22-17)9-2-4-18-5-3-9/h6-9,18H,2-5H2,1H3. The molecule has 0 saturated carbocycles. The number of ether oxygens (including phenoxy) is 1. The number of nitrogens with zero attached hydrogens (tertiary/aromatic N) is 1. The predicted octanol–water partition coefficient (Wildman–Crippen LogP) is 3.88. The molecule has 0 bridgehead atoms. The number of hydrogen-bond acceptors (Lipinski definition) is 4. The highest BCUT2D eigenvalue weighted by Crippen LogP contribution is 2.35. The maximum absolute atomic E-state index is 14.5. The van der Waals surface area contributed by atoms with Gasteiger partial charge in [0, 0.05) is 35.7 Å². The van der Waals surface area contributed by atoms with Gasteiger partial charge in [-0.3, -0.25) is 3.97 Å². The monoisotopic (exact) mass is 434 g/mol. The van der Waals surface area contributed by atoms with E-state index < -0.39 is 5.97 Å². The van der Waals surface area contributed by atoms with Gasteiger partial charge < -0.3 is 10.1 Å². The molecule has 1 aromatic carbocycles. The molecule has 22 heavy (non-hydrogen) atoms. The summed E-state index contributed by atoms with van der Waals surface area (Å²) >= 11 is 2.12. The zero-order valence-corrected chi connectivity index (χ0v) is 15.0. The minimum Gasteiger partial charge on any atom is -0.464 e. The van der Waals surface area contributed by atoms with Gasteiger partial charge in [0.2, 0.25) is 0 Å². The minimum absolute atomic E-state index is 0.188. The molecule has 2 heterocycles. The normalized spacial score (nSPS) is 16.1. The second-order valence-corrected chi connectivity index (χ2v) is 7.03. The number of benzene rings is 1. The van der Waals surface area contributed by atoms with Crippen LogP contribution in [0.25, 0.3) is 10.9 Å². The first-order chi connectivity index (χ1) is 10.7. The van der Waals surface area contributed by atoms with Crippen molar-refractivity contribution in [3.63, 3.8) is 0 Å². The Kier molecular flexibility index (Phi) is 4.94. The van der Waals surface area contributed by atoms with Crippen molar-refractivity contribution in [3.05, 3.63) is 35.3 Å². The molecule has 1 N–H and O–H groups in total. The number of carbonyl (C=O) groups excluding carboxylic acids is 1. The number of hydrogen-bond donors (Lipinski definition) is 1. The molecule has 0 radical (unpaired) electrons. The highest BCUT2D eigenvalue weighted by Gasteiger charge is 2.22. The number of fused-ring (bicyclic) bond motifs is 1. The Labute approximate surface area is 144 Å². The first-order valence-electron chi connectivity index (χ1n) is 7.08. The second kappa shape index (κ2) is 6.76. The molecule has 4 nitrogen and oxygen atoms in total. The third-order valence-corrected chi connectivity index (χ3v) is 5.83. The van der Waals surface area contributed by atoms with Crippen molar-refractivity contribution in [1.82, 2.24) is 9.29 Å². The number of rotatable bonds is 3. The number of methoxy groups -OCH3 is 1. The Balaban J connectivity index is 2.12. The summed E-state index contributed by atoms with van der Waals surface area (Å²) < 4.78 is 21.1. The molecule has 2 aromatic rings. The Morgan fingerprint density at radius 2 is 2.14 bits per heavy atom. The third kappa shape index (κ3) is 2.85. The van der Waals surface area contributed by atoms with Crippen LogP contribution in [0, 0.1) is 5.82 Å². The predicted molar refractivity (Wildman–Crippen MR) is 95.1 cm³/mol. The lowest BCUT2D eigenvalue weighted by Crippen LogP contribution is -2.27. The topological polar surface area (TPSA) is 43.3 Å². The number of esters is 1. The van der Waals surface area contributed by atoms with E-state index in [-0.39, 0.29) is 11.7 Å². The van der Waals surface area contributed by atoms with Gasteiger partial charge in [0.1, 0.15) is 11.5 Å². The molecule has 1 fully saturated rings. The molecule has 1 aliphatic rings. The van der Waals surface area contributed by atoms with E-state index in [1.54, 1.807) is 10.0 Å². The highest BCUT2D eigenvalue weighted by molar-refractivity contribution is 14.2. The summed E-state index contributed by atoms with van der Waals surface area (Å²) in [6.07, 6.45) is 1.87. The van der Waals surface area contributed by atoms with E-state index in [0.717, 1.165) is 42.4 Å². The number of piperidine rings is 1. The zero-order valence-electron chi connectivity index (χ0n) is 12.1. The molecule has 1 saturated heterocycles. The fourth-order valence-electron chi connectivity index (χ4n) is 2.99. The van der Waals surface area contributed by atoms with Crippen molar-refractivity contribution in [2.45, 2.75) is 18.8 Å². The van der Waals surface area contributed by atoms with Crippen LogP contribution in [0.4, 0.5) is 4.39 Å². The summed E-state index contributed by atoms with van der Waals surface area (Å²) in [6, 6.07) is 5.10. The van der Waals surface area contributed by atoms with Crippen LogP contribution in [0.5, 0.6) is 0 Å². The molecular weight excluding hydrogens is 418 g/mol. The molecule has 0 atom stereocenters. The fraction of sp³-hybridized carbons (Fsp3) is 0.400. The van der Waals surface area contributed by atoms with Crippen LogP contribution in [0.2, 0.25) is 0 Å². The van der Waals surface area contributed by atoms with Crippen molar-refractivity contribution in [1.29, 1.82) is 0 Å². The highest BCUT2D eigenvalue weighted by atomic mass is 127. The van der Waals surface area contributed by atoms with Gasteiger partial charge in [-0.2, -0.15) is 0 Å². The number of nitrogens with one attached hydrogen (secondary N) is 1. The Hall–Kier alpha value is -0.800. The van der Waals surface area contributed by atoms with Gasteiger partial charge in [-0.25, -0.2) is 9.18 Å². The maximum atomic E-state index is 14.5. The first-order valence-corrected chi connectivity index (χ1v) is 10.4. The SMILES string of the molecule is COC(=O)c1cc2cc(F)c(C3CCNCC3)cc2n1SI. The second-order valence-electron chi connectivity index (χ2n) is 5.34. The summed E-state index contributed by atoms with van der Waals surface area (Å²) in [6.45, 7) is 1.83. The van der Waals surface area contributed by atoms with Crippen molar-refractivity contribution >= 4 is 47.2 Å². The molecule has 7 heteroatoms. The first kappa shape index (κ1) is 16.1. The van der Waals surface area contributed by atoms with Gasteiger partial charge in [0.15, 0.2) is 0 Å². The van der Waals surface area contributed by atoms with Crippen LogP contribution in [-0.2, 0) is 4.74 Å². The summed E-state index contributed by atoms with van der Waals surface area (Å²) in [4.78, 5) is 11.9. The van der Waals surface area contributed by atoms with Crippen LogP contribution in [-0.4, -0.2) is 30.1 Å². The molecule has 0 spiro atoms. The van der Waals surface area contributed by atoms with E-state index in [1.807, 2.05) is 6.07 Å². The molecule has 3 rings (SSSR count). The average Bonchev–Trinajstić information content (AvgIpc) is 2.91. The van der Waals surface area contributed by atoms with Crippen LogP contribution in [0.3, 0.4) is 0 Å².